The first-order chi connectivity index (χ1) is 24.7. The fourth-order valence-electron chi connectivity index (χ4n) is 7.72. The van der Waals surface area contributed by atoms with E-state index in [4.69, 9.17) is 0 Å². The largest absolute Gasteiger partial charge is 0.310 e. The fraction of sp³-hybridized carbons (Fsp3) is 0.0417. The molecule has 0 spiro atoms. The Balaban J connectivity index is 1.25. The van der Waals surface area contributed by atoms with Crippen LogP contribution in [0.2, 0.25) is 0 Å². The lowest BCUT2D eigenvalue weighted by Crippen LogP contribution is -2.10. The Kier molecular flexibility index (Phi) is 7.29. The minimum atomic E-state index is 1.12. The summed E-state index contributed by atoms with van der Waals surface area (Å²) in [5.74, 6) is 0. The molecule has 8 aromatic carbocycles. The summed E-state index contributed by atoms with van der Waals surface area (Å²) in [5.41, 5.74) is 14.4. The zero-order valence-electron chi connectivity index (χ0n) is 28.2. The van der Waals surface area contributed by atoms with Crippen LogP contribution < -0.4 is 4.90 Å². The number of fused-ring (bicyclic) bond motifs is 4. The predicted molar refractivity (Wildman–Crippen MR) is 213 cm³/mol. The van der Waals surface area contributed by atoms with Gasteiger partial charge in [-0.3, -0.25) is 0 Å². The standard InChI is InChI=1S/C48H36N2/c1-33-14-6-8-20-41(33)36-28-30-39(31-29-36)49(38-17-4-3-5-18-38)45-24-13-25-46-48(45)43-22-10-11-23-44(43)50(46)40-19-12-16-37(32-40)47-34(2)26-27-35-15-7-9-21-42(35)47/h3-32H,1-2H3. The normalized spacial score (nSPS) is 11.4. The first-order valence-corrected chi connectivity index (χ1v) is 17.3. The second kappa shape index (κ2) is 12.3. The van der Waals surface area contributed by atoms with Crippen molar-refractivity contribution in [2.45, 2.75) is 13.8 Å². The molecule has 50 heavy (non-hydrogen) atoms. The van der Waals surface area contributed by atoms with Gasteiger partial charge in [0.05, 0.1) is 16.7 Å². The highest BCUT2D eigenvalue weighted by Gasteiger charge is 2.21. The van der Waals surface area contributed by atoms with Crippen molar-refractivity contribution in [2.75, 3.05) is 4.90 Å². The third-order valence-corrected chi connectivity index (χ3v) is 10.0. The first kappa shape index (κ1) is 29.7. The van der Waals surface area contributed by atoms with Crippen LogP contribution in [0, 0.1) is 13.8 Å². The Bertz CT molecular complexity index is 2660. The van der Waals surface area contributed by atoms with Gasteiger partial charge in [0, 0.05) is 27.8 Å². The lowest BCUT2D eigenvalue weighted by molar-refractivity contribution is 1.18. The van der Waals surface area contributed by atoms with E-state index in [-0.39, 0.29) is 0 Å². The molecule has 9 rings (SSSR count). The molecule has 1 aromatic heterocycles. The second-order valence-electron chi connectivity index (χ2n) is 13.1. The molecule has 9 aromatic rings. The molecule has 0 atom stereocenters. The summed E-state index contributed by atoms with van der Waals surface area (Å²) in [6.45, 7) is 4.39. The maximum atomic E-state index is 2.43. The Hall–Kier alpha value is -6.38. The Morgan fingerprint density at radius 3 is 1.96 bits per heavy atom. The lowest BCUT2D eigenvalue weighted by atomic mass is 9.94. The number of nitrogens with zero attached hydrogens (tertiary/aromatic N) is 2. The van der Waals surface area contributed by atoms with Crippen LogP contribution in [0.15, 0.2) is 182 Å². The van der Waals surface area contributed by atoms with Crippen LogP contribution in [0.1, 0.15) is 11.1 Å². The molecule has 0 aliphatic heterocycles. The molecule has 0 amide bonds. The monoisotopic (exact) mass is 640 g/mol. The predicted octanol–water partition coefficient (Wildman–Crippen LogP) is 13.4. The number of anilines is 3. The van der Waals surface area contributed by atoms with Gasteiger partial charge in [-0.15, -0.1) is 0 Å². The molecule has 2 nitrogen and oxygen atoms in total. The zero-order chi connectivity index (χ0) is 33.6. The molecule has 0 saturated carbocycles. The van der Waals surface area contributed by atoms with Crippen LogP contribution in [0.4, 0.5) is 17.1 Å². The van der Waals surface area contributed by atoms with Gasteiger partial charge in [0.25, 0.3) is 0 Å². The third-order valence-electron chi connectivity index (χ3n) is 10.0. The molecule has 0 aliphatic carbocycles. The van der Waals surface area contributed by atoms with Gasteiger partial charge in [-0.2, -0.15) is 0 Å². The molecule has 0 unspecified atom stereocenters. The van der Waals surface area contributed by atoms with E-state index in [2.05, 4.69) is 205 Å². The molecule has 0 aliphatic rings. The average Bonchev–Trinajstić information content (AvgIpc) is 3.51. The number of aryl methyl sites for hydroxylation is 2. The molecule has 0 radical (unpaired) electrons. The summed E-state index contributed by atoms with van der Waals surface area (Å²) in [5, 5.41) is 4.98. The number of rotatable bonds is 6. The summed E-state index contributed by atoms with van der Waals surface area (Å²) in [6, 6.07) is 66.0. The number of para-hydroxylation sites is 2. The second-order valence-corrected chi connectivity index (χ2v) is 13.1. The van der Waals surface area contributed by atoms with Crippen LogP contribution in [-0.2, 0) is 0 Å². The van der Waals surface area contributed by atoms with E-state index in [9.17, 15) is 0 Å². The van der Waals surface area contributed by atoms with Gasteiger partial charge in [-0.1, -0.05) is 127 Å². The van der Waals surface area contributed by atoms with Crippen LogP contribution in [0.25, 0.3) is 60.5 Å². The molecule has 0 fully saturated rings. The van der Waals surface area contributed by atoms with Crippen LogP contribution in [0.5, 0.6) is 0 Å². The highest BCUT2D eigenvalue weighted by atomic mass is 15.1. The number of benzene rings is 8. The third kappa shape index (κ3) is 4.96. The zero-order valence-corrected chi connectivity index (χ0v) is 28.2. The van der Waals surface area contributed by atoms with Crippen molar-refractivity contribution < 1.29 is 0 Å². The molecule has 2 heteroatoms. The highest BCUT2D eigenvalue weighted by Crippen LogP contribution is 2.44. The van der Waals surface area contributed by atoms with Gasteiger partial charge >= 0.3 is 0 Å². The molecule has 0 bridgehead atoms. The molecule has 0 N–H and O–H groups in total. The molecule has 0 saturated heterocycles. The summed E-state index contributed by atoms with van der Waals surface area (Å²) >= 11 is 0. The minimum absolute atomic E-state index is 1.12. The average molecular weight is 641 g/mol. The van der Waals surface area contributed by atoms with Crippen LogP contribution >= 0.6 is 0 Å². The summed E-state index contributed by atoms with van der Waals surface area (Å²) in [6.07, 6.45) is 0. The lowest BCUT2D eigenvalue weighted by Gasteiger charge is -2.26. The van der Waals surface area contributed by atoms with E-state index < -0.39 is 0 Å². The quantitative estimate of drug-likeness (QED) is 0.176. The maximum Gasteiger partial charge on any atom is 0.0562 e. The van der Waals surface area contributed by atoms with E-state index in [1.807, 2.05) is 0 Å². The van der Waals surface area contributed by atoms with Gasteiger partial charge in [0.15, 0.2) is 0 Å². The highest BCUT2D eigenvalue weighted by molar-refractivity contribution is 6.16. The van der Waals surface area contributed by atoms with Gasteiger partial charge < -0.3 is 9.47 Å². The fourth-order valence-corrected chi connectivity index (χ4v) is 7.72. The van der Waals surface area contributed by atoms with Crippen LogP contribution in [-0.4, -0.2) is 4.57 Å². The van der Waals surface area contributed by atoms with Crippen LogP contribution in [0.3, 0.4) is 0 Å². The molecule has 1 heterocycles. The van der Waals surface area contributed by atoms with Gasteiger partial charge in [-0.25, -0.2) is 0 Å². The van der Waals surface area contributed by atoms with Crippen molar-refractivity contribution in [3.8, 4) is 27.9 Å². The maximum absolute atomic E-state index is 2.43. The van der Waals surface area contributed by atoms with E-state index in [1.165, 1.54) is 66.0 Å². The van der Waals surface area contributed by atoms with Gasteiger partial charge in [-0.05, 0) is 113 Å². The number of aromatic nitrogens is 1. The van der Waals surface area contributed by atoms with Gasteiger partial charge in [0.2, 0.25) is 0 Å². The molecule has 238 valence electrons. The Labute approximate surface area is 293 Å². The first-order valence-electron chi connectivity index (χ1n) is 17.3. The van der Waals surface area contributed by atoms with E-state index in [0.29, 0.717) is 0 Å². The summed E-state index contributed by atoms with van der Waals surface area (Å²) in [7, 11) is 0. The molecular formula is C48H36N2. The molecular weight excluding hydrogens is 605 g/mol. The Morgan fingerprint density at radius 1 is 0.440 bits per heavy atom. The van der Waals surface area contributed by atoms with Crippen molar-refractivity contribution >= 4 is 49.6 Å². The van der Waals surface area contributed by atoms with E-state index in [1.54, 1.807) is 0 Å². The number of hydrogen-bond acceptors (Lipinski definition) is 1. The smallest absolute Gasteiger partial charge is 0.0562 e. The Morgan fingerprint density at radius 2 is 1.12 bits per heavy atom. The summed E-state index contributed by atoms with van der Waals surface area (Å²) in [4.78, 5) is 2.40. The SMILES string of the molecule is Cc1ccccc1-c1ccc(N(c2ccccc2)c2cccc3c2c2ccccc2n3-c2cccc(-c3c(C)ccc4ccccc34)c2)cc1. The van der Waals surface area contributed by atoms with E-state index >= 15 is 0 Å². The van der Waals surface area contributed by atoms with Crippen molar-refractivity contribution in [3.63, 3.8) is 0 Å². The van der Waals surface area contributed by atoms with Crippen molar-refractivity contribution in [3.05, 3.63) is 193 Å². The minimum Gasteiger partial charge on any atom is -0.310 e. The van der Waals surface area contributed by atoms with Gasteiger partial charge in [0.1, 0.15) is 0 Å². The van der Waals surface area contributed by atoms with Crippen molar-refractivity contribution in [1.82, 2.24) is 4.57 Å². The van der Waals surface area contributed by atoms with Crippen molar-refractivity contribution in [2.24, 2.45) is 0 Å². The van der Waals surface area contributed by atoms with Crippen molar-refractivity contribution in [1.29, 1.82) is 0 Å². The number of hydrogen-bond donors (Lipinski definition) is 0. The topological polar surface area (TPSA) is 8.17 Å². The van der Waals surface area contributed by atoms with E-state index in [0.717, 1.165) is 22.7 Å². The summed E-state index contributed by atoms with van der Waals surface area (Å²) < 4.78 is 2.43.